The first-order chi connectivity index (χ1) is 7.66. The lowest BCUT2D eigenvalue weighted by Gasteiger charge is -2.22. The van der Waals surface area contributed by atoms with Crippen molar-refractivity contribution in [3.63, 3.8) is 0 Å². The van der Waals surface area contributed by atoms with Gasteiger partial charge in [-0.05, 0) is 47.5 Å². The molecule has 1 fully saturated rings. The summed E-state index contributed by atoms with van der Waals surface area (Å²) in [6, 6.07) is 5.77. The Labute approximate surface area is 104 Å². The minimum Gasteiger partial charge on any atom is -0.370 e. The summed E-state index contributed by atoms with van der Waals surface area (Å²) in [7, 11) is 0. The van der Waals surface area contributed by atoms with Crippen LogP contribution in [0.4, 0.5) is 10.1 Å². The van der Waals surface area contributed by atoms with Crippen molar-refractivity contribution in [1.82, 2.24) is 5.32 Å². The van der Waals surface area contributed by atoms with Gasteiger partial charge in [0.2, 0.25) is 0 Å². The molecule has 0 bridgehead atoms. The van der Waals surface area contributed by atoms with E-state index < -0.39 is 0 Å². The molecule has 1 heterocycles. The number of halogens is 2. The molecule has 0 aromatic heterocycles. The fourth-order valence-corrected chi connectivity index (χ4v) is 2.32. The normalized spacial score (nSPS) is 21.9. The van der Waals surface area contributed by atoms with Crippen LogP contribution in [0.2, 0.25) is 0 Å². The van der Waals surface area contributed by atoms with Gasteiger partial charge < -0.3 is 10.2 Å². The van der Waals surface area contributed by atoms with E-state index in [0.29, 0.717) is 10.5 Å². The lowest BCUT2D eigenvalue weighted by atomic mass is 10.2. The largest absolute Gasteiger partial charge is 0.370 e. The maximum atomic E-state index is 13.1. The van der Waals surface area contributed by atoms with E-state index in [9.17, 15) is 4.39 Å². The van der Waals surface area contributed by atoms with Crippen molar-refractivity contribution in [1.29, 1.82) is 0 Å². The zero-order valence-corrected chi connectivity index (χ0v) is 10.9. The molecular formula is C12H16BrFN2. The molecule has 1 N–H and O–H groups in total. The molecule has 1 unspecified atom stereocenters. The van der Waals surface area contributed by atoms with E-state index >= 15 is 0 Å². The van der Waals surface area contributed by atoms with Gasteiger partial charge >= 0.3 is 0 Å². The van der Waals surface area contributed by atoms with Crippen LogP contribution in [0, 0.1) is 5.82 Å². The Bertz CT molecular complexity index is 370. The maximum absolute atomic E-state index is 13.1. The van der Waals surface area contributed by atoms with Gasteiger partial charge in [-0.3, -0.25) is 0 Å². The summed E-state index contributed by atoms with van der Waals surface area (Å²) in [6.45, 7) is 5.18. The summed E-state index contributed by atoms with van der Waals surface area (Å²) in [4.78, 5) is 2.29. The number of rotatable bonds is 1. The van der Waals surface area contributed by atoms with Crippen molar-refractivity contribution in [3.8, 4) is 0 Å². The van der Waals surface area contributed by atoms with Crippen LogP contribution >= 0.6 is 15.9 Å². The third kappa shape index (κ3) is 2.74. The average molecular weight is 287 g/mol. The van der Waals surface area contributed by atoms with Gasteiger partial charge in [0.25, 0.3) is 0 Å². The van der Waals surface area contributed by atoms with Gasteiger partial charge in [-0.25, -0.2) is 4.39 Å². The standard InChI is InChI=1S/C12H16BrFN2/c1-9-4-6-16(7-5-15-9)10-2-3-12(14)11(13)8-10/h2-3,8-9,15H,4-7H2,1H3. The van der Waals surface area contributed by atoms with E-state index in [4.69, 9.17) is 0 Å². The average Bonchev–Trinajstić information content (AvgIpc) is 2.47. The fraction of sp³-hybridized carbons (Fsp3) is 0.500. The first-order valence-electron chi connectivity index (χ1n) is 5.60. The second kappa shape index (κ2) is 5.15. The lowest BCUT2D eigenvalue weighted by Crippen LogP contribution is -2.28. The Morgan fingerprint density at radius 1 is 1.44 bits per heavy atom. The van der Waals surface area contributed by atoms with E-state index in [2.05, 4.69) is 33.1 Å². The van der Waals surface area contributed by atoms with Crippen molar-refractivity contribution >= 4 is 21.6 Å². The summed E-state index contributed by atoms with van der Waals surface area (Å²) in [5.41, 5.74) is 1.09. The molecule has 0 spiro atoms. The smallest absolute Gasteiger partial charge is 0.137 e. The Morgan fingerprint density at radius 3 is 3.00 bits per heavy atom. The minimum absolute atomic E-state index is 0.204. The molecule has 0 amide bonds. The van der Waals surface area contributed by atoms with Gasteiger partial charge in [-0.15, -0.1) is 0 Å². The predicted octanol–water partition coefficient (Wildman–Crippen LogP) is 2.78. The zero-order valence-electron chi connectivity index (χ0n) is 9.34. The summed E-state index contributed by atoms with van der Waals surface area (Å²) in [6.07, 6.45) is 1.12. The van der Waals surface area contributed by atoms with Gasteiger partial charge in [0.05, 0.1) is 4.47 Å². The molecule has 2 rings (SSSR count). The first kappa shape index (κ1) is 11.9. The molecule has 2 nitrogen and oxygen atoms in total. The van der Waals surface area contributed by atoms with E-state index in [-0.39, 0.29) is 5.82 Å². The lowest BCUT2D eigenvalue weighted by molar-refractivity contribution is 0.566. The third-order valence-corrected chi connectivity index (χ3v) is 3.58. The highest BCUT2D eigenvalue weighted by atomic mass is 79.9. The molecule has 0 aliphatic carbocycles. The van der Waals surface area contributed by atoms with Crippen LogP contribution in [-0.4, -0.2) is 25.7 Å². The summed E-state index contributed by atoms with van der Waals surface area (Å²) >= 11 is 3.23. The molecular weight excluding hydrogens is 271 g/mol. The van der Waals surface area contributed by atoms with Crippen molar-refractivity contribution < 1.29 is 4.39 Å². The van der Waals surface area contributed by atoms with Gasteiger partial charge in [0.1, 0.15) is 5.82 Å². The fourth-order valence-electron chi connectivity index (χ4n) is 1.95. The molecule has 1 saturated heterocycles. The van der Waals surface area contributed by atoms with Gasteiger partial charge in [-0.2, -0.15) is 0 Å². The van der Waals surface area contributed by atoms with Crippen LogP contribution in [0.15, 0.2) is 22.7 Å². The van der Waals surface area contributed by atoms with Crippen LogP contribution in [0.25, 0.3) is 0 Å². The Hall–Kier alpha value is -0.610. The number of anilines is 1. The second-order valence-corrected chi connectivity index (χ2v) is 5.08. The van der Waals surface area contributed by atoms with Gasteiger partial charge in [-0.1, -0.05) is 0 Å². The SMILES string of the molecule is CC1CCN(c2ccc(F)c(Br)c2)CCN1. The van der Waals surface area contributed by atoms with Crippen LogP contribution in [0.5, 0.6) is 0 Å². The predicted molar refractivity (Wildman–Crippen MR) is 68.4 cm³/mol. The van der Waals surface area contributed by atoms with Crippen molar-refractivity contribution in [3.05, 3.63) is 28.5 Å². The molecule has 0 saturated carbocycles. The minimum atomic E-state index is -0.204. The summed E-state index contributed by atoms with van der Waals surface area (Å²) in [5.74, 6) is -0.204. The maximum Gasteiger partial charge on any atom is 0.137 e. The number of hydrogen-bond acceptors (Lipinski definition) is 2. The highest BCUT2D eigenvalue weighted by Gasteiger charge is 2.14. The van der Waals surface area contributed by atoms with Crippen LogP contribution < -0.4 is 10.2 Å². The van der Waals surface area contributed by atoms with Crippen LogP contribution in [0.1, 0.15) is 13.3 Å². The van der Waals surface area contributed by atoms with Gasteiger partial charge in [0.15, 0.2) is 0 Å². The molecule has 1 atom stereocenters. The molecule has 1 aromatic rings. The van der Waals surface area contributed by atoms with E-state index in [1.165, 1.54) is 6.07 Å². The van der Waals surface area contributed by atoms with E-state index in [1.54, 1.807) is 0 Å². The first-order valence-corrected chi connectivity index (χ1v) is 6.39. The second-order valence-electron chi connectivity index (χ2n) is 4.23. The quantitative estimate of drug-likeness (QED) is 0.854. The number of benzene rings is 1. The molecule has 88 valence electrons. The molecule has 0 radical (unpaired) electrons. The summed E-state index contributed by atoms with van der Waals surface area (Å²) in [5, 5.41) is 3.44. The van der Waals surface area contributed by atoms with Crippen LogP contribution in [-0.2, 0) is 0 Å². The Balaban J connectivity index is 2.13. The molecule has 1 aliphatic heterocycles. The van der Waals surface area contributed by atoms with Crippen molar-refractivity contribution in [2.75, 3.05) is 24.5 Å². The third-order valence-electron chi connectivity index (χ3n) is 2.97. The summed E-state index contributed by atoms with van der Waals surface area (Å²) < 4.78 is 13.7. The molecule has 4 heteroatoms. The highest BCUT2D eigenvalue weighted by molar-refractivity contribution is 9.10. The zero-order chi connectivity index (χ0) is 11.5. The number of hydrogen-bond donors (Lipinski definition) is 1. The monoisotopic (exact) mass is 286 g/mol. The molecule has 1 aliphatic rings. The van der Waals surface area contributed by atoms with Crippen LogP contribution in [0.3, 0.4) is 0 Å². The molecule has 1 aromatic carbocycles. The topological polar surface area (TPSA) is 15.3 Å². The van der Waals surface area contributed by atoms with Crippen molar-refractivity contribution in [2.24, 2.45) is 0 Å². The van der Waals surface area contributed by atoms with E-state index in [0.717, 1.165) is 31.7 Å². The highest BCUT2D eigenvalue weighted by Crippen LogP contribution is 2.23. The number of nitrogens with zero attached hydrogens (tertiary/aromatic N) is 1. The Kier molecular flexibility index (Phi) is 3.82. The van der Waals surface area contributed by atoms with Crippen molar-refractivity contribution in [2.45, 2.75) is 19.4 Å². The van der Waals surface area contributed by atoms with E-state index in [1.807, 2.05) is 12.1 Å². The Morgan fingerprint density at radius 2 is 2.25 bits per heavy atom. The van der Waals surface area contributed by atoms with Gasteiger partial charge in [0, 0.05) is 31.4 Å². The number of nitrogens with one attached hydrogen (secondary N) is 1. The molecule has 16 heavy (non-hydrogen) atoms.